The normalized spacial score (nSPS) is 16.2. The molecule has 1 fully saturated rings. The maximum absolute atomic E-state index is 13.3. The first-order chi connectivity index (χ1) is 15.7. The Kier molecular flexibility index (Phi) is 5.86. The van der Waals surface area contributed by atoms with Crippen molar-refractivity contribution in [2.75, 3.05) is 26.2 Å². The zero-order valence-corrected chi connectivity index (χ0v) is 18.1. The Bertz CT molecular complexity index is 1140. The van der Waals surface area contributed by atoms with Gasteiger partial charge in [0.2, 0.25) is 0 Å². The first-order valence-electron chi connectivity index (χ1n) is 11.3. The molecule has 2 aliphatic heterocycles. The summed E-state index contributed by atoms with van der Waals surface area (Å²) in [7, 11) is 0. The van der Waals surface area contributed by atoms with Crippen LogP contribution in [0.1, 0.15) is 40.0 Å². The second kappa shape index (κ2) is 9.09. The molecule has 0 atom stereocenters. The number of hydrogen-bond acceptors (Lipinski definition) is 5. The molecule has 0 bridgehead atoms. The summed E-state index contributed by atoms with van der Waals surface area (Å²) in [6.45, 7) is 3.62. The van der Waals surface area contributed by atoms with Gasteiger partial charge in [0.1, 0.15) is 0 Å². The smallest absolute Gasteiger partial charge is 0.339 e. The summed E-state index contributed by atoms with van der Waals surface area (Å²) in [5.74, 6) is -0.553. The number of para-hydroxylation sites is 1. The zero-order chi connectivity index (χ0) is 21.9. The number of benzene rings is 2. The topological polar surface area (TPSA) is 62.7 Å². The summed E-state index contributed by atoms with van der Waals surface area (Å²) in [5, 5.41) is 0.784. The van der Waals surface area contributed by atoms with E-state index in [9.17, 15) is 9.59 Å². The number of esters is 1. The van der Waals surface area contributed by atoms with Crippen LogP contribution in [0.4, 0.5) is 0 Å². The summed E-state index contributed by atoms with van der Waals surface area (Å²) < 4.78 is 5.55. The molecule has 32 heavy (non-hydrogen) atoms. The van der Waals surface area contributed by atoms with Gasteiger partial charge in [0, 0.05) is 55.8 Å². The molecule has 6 heteroatoms. The van der Waals surface area contributed by atoms with E-state index < -0.39 is 5.97 Å². The number of likely N-dealkylation sites (tertiary alicyclic amines) is 1. The third-order valence-electron chi connectivity index (χ3n) is 6.36. The van der Waals surface area contributed by atoms with Gasteiger partial charge in [-0.15, -0.1) is 0 Å². The molecule has 164 valence electrons. The fraction of sp³-hybridized carbons (Fsp3) is 0.346. The molecule has 5 rings (SSSR count). The molecule has 3 heterocycles. The van der Waals surface area contributed by atoms with Crippen LogP contribution in [0.2, 0.25) is 0 Å². The van der Waals surface area contributed by atoms with E-state index in [0.29, 0.717) is 12.1 Å². The van der Waals surface area contributed by atoms with Gasteiger partial charge in [-0.25, -0.2) is 4.79 Å². The Labute approximate surface area is 187 Å². The van der Waals surface area contributed by atoms with Crippen LogP contribution in [0, 0.1) is 0 Å². The van der Waals surface area contributed by atoms with E-state index >= 15 is 0 Å². The van der Waals surface area contributed by atoms with Crippen LogP contribution in [0.15, 0.2) is 54.6 Å². The molecule has 6 nitrogen and oxygen atoms in total. The van der Waals surface area contributed by atoms with E-state index in [1.807, 2.05) is 42.5 Å². The van der Waals surface area contributed by atoms with Gasteiger partial charge in [0.25, 0.3) is 5.91 Å². The van der Waals surface area contributed by atoms with Crippen molar-refractivity contribution in [1.29, 1.82) is 0 Å². The standard InChI is InChI=1S/C26H27N3O3/c30-24(29-13-6-7-14-29)18-32-26(31)25-20-10-4-5-11-22(20)27-23-12-15-28(17-21(23)25)16-19-8-2-1-3-9-19/h1-5,8-11H,6-7,12-18H2. The maximum atomic E-state index is 13.3. The summed E-state index contributed by atoms with van der Waals surface area (Å²) in [4.78, 5) is 34.6. The van der Waals surface area contributed by atoms with Gasteiger partial charge in [-0.1, -0.05) is 48.5 Å². The van der Waals surface area contributed by atoms with Crippen molar-refractivity contribution in [3.8, 4) is 0 Å². The van der Waals surface area contributed by atoms with Crippen LogP contribution in [0.25, 0.3) is 10.9 Å². The van der Waals surface area contributed by atoms with E-state index in [-0.39, 0.29) is 12.5 Å². The summed E-state index contributed by atoms with van der Waals surface area (Å²) in [6, 6.07) is 18.0. The molecule has 0 spiro atoms. The lowest BCUT2D eigenvalue weighted by Gasteiger charge is -2.30. The van der Waals surface area contributed by atoms with Crippen LogP contribution in [0.5, 0.6) is 0 Å². The molecule has 0 saturated carbocycles. The maximum Gasteiger partial charge on any atom is 0.339 e. The Balaban J connectivity index is 1.42. The highest BCUT2D eigenvalue weighted by atomic mass is 16.5. The second-order valence-corrected chi connectivity index (χ2v) is 8.54. The number of aromatic nitrogens is 1. The number of rotatable bonds is 5. The molecule has 3 aromatic rings. The van der Waals surface area contributed by atoms with E-state index in [0.717, 1.165) is 67.6 Å². The molecule has 1 saturated heterocycles. The molecule has 0 unspecified atom stereocenters. The zero-order valence-electron chi connectivity index (χ0n) is 18.1. The average Bonchev–Trinajstić information content (AvgIpc) is 3.37. The quantitative estimate of drug-likeness (QED) is 0.580. The predicted molar refractivity (Wildman–Crippen MR) is 122 cm³/mol. The first kappa shape index (κ1) is 20.6. The highest BCUT2D eigenvalue weighted by Crippen LogP contribution is 2.29. The molecule has 1 amide bonds. The first-order valence-corrected chi connectivity index (χ1v) is 11.3. The van der Waals surface area contributed by atoms with Crippen molar-refractivity contribution in [1.82, 2.24) is 14.8 Å². The number of carbonyl (C=O) groups is 2. The van der Waals surface area contributed by atoms with Crippen LogP contribution in [-0.2, 0) is 29.0 Å². The van der Waals surface area contributed by atoms with E-state index in [1.54, 1.807) is 4.90 Å². The number of nitrogens with zero attached hydrogens (tertiary/aromatic N) is 3. The summed E-state index contributed by atoms with van der Waals surface area (Å²) in [5.41, 5.74) is 4.46. The highest BCUT2D eigenvalue weighted by Gasteiger charge is 2.28. The van der Waals surface area contributed by atoms with Gasteiger partial charge < -0.3 is 9.64 Å². The second-order valence-electron chi connectivity index (χ2n) is 8.54. The van der Waals surface area contributed by atoms with Crippen molar-refractivity contribution in [2.24, 2.45) is 0 Å². The summed E-state index contributed by atoms with van der Waals surface area (Å²) in [6.07, 6.45) is 2.80. The largest absolute Gasteiger partial charge is 0.452 e. The van der Waals surface area contributed by atoms with Gasteiger partial charge in [-0.3, -0.25) is 14.7 Å². The molecule has 0 radical (unpaired) electrons. The van der Waals surface area contributed by atoms with Crippen LogP contribution >= 0.6 is 0 Å². The van der Waals surface area contributed by atoms with Crippen molar-refractivity contribution in [3.63, 3.8) is 0 Å². The fourth-order valence-electron chi connectivity index (χ4n) is 4.71. The highest BCUT2D eigenvalue weighted by molar-refractivity contribution is 6.05. The number of pyridine rings is 1. The van der Waals surface area contributed by atoms with Crippen molar-refractivity contribution in [3.05, 3.63) is 77.0 Å². The van der Waals surface area contributed by atoms with E-state index in [2.05, 4.69) is 17.0 Å². The van der Waals surface area contributed by atoms with Gasteiger partial charge in [0.15, 0.2) is 6.61 Å². The monoisotopic (exact) mass is 429 g/mol. The Morgan fingerprint density at radius 3 is 2.50 bits per heavy atom. The van der Waals surface area contributed by atoms with Crippen LogP contribution in [-0.4, -0.2) is 52.9 Å². The van der Waals surface area contributed by atoms with Gasteiger partial charge >= 0.3 is 5.97 Å². The number of amides is 1. The van der Waals surface area contributed by atoms with Crippen molar-refractivity contribution in [2.45, 2.75) is 32.4 Å². The minimum atomic E-state index is -0.436. The number of fused-ring (bicyclic) bond motifs is 2. The fourth-order valence-corrected chi connectivity index (χ4v) is 4.71. The molecule has 1 aromatic heterocycles. The Hall–Kier alpha value is -3.25. The van der Waals surface area contributed by atoms with Crippen LogP contribution in [0.3, 0.4) is 0 Å². The Morgan fingerprint density at radius 2 is 1.69 bits per heavy atom. The van der Waals surface area contributed by atoms with Gasteiger partial charge in [-0.2, -0.15) is 0 Å². The predicted octanol–water partition coefficient (Wildman–Crippen LogP) is 3.57. The SMILES string of the molecule is O=C(OCC(=O)N1CCCC1)c1c2c(nc3ccccc13)CCN(Cc1ccccc1)C2. The third kappa shape index (κ3) is 4.23. The van der Waals surface area contributed by atoms with E-state index in [4.69, 9.17) is 9.72 Å². The average molecular weight is 430 g/mol. The van der Waals surface area contributed by atoms with Gasteiger partial charge in [0.05, 0.1) is 11.1 Å². The minimum Gasteiger partial charge on any atom is -0.452 e. The number of ether oxygens (including phenoxy) is 1. The third-order valence-corrected chi connectivity index (χ3v) is 6.36. The lowest BCUT2D eigenvalue weighted by Crippen LogP contribution is -2.34. The lowest BCUT2D eigenvalue weighted by molar-refractivity contribution is -0.133. The van der Waals surface area contributed by atoms with Crippen molar-refractivity contribution < 1.29 is 14.3 Å². The molecule has 2 aliphatic rings. The van der Waals surface area contributed by atoms with Gasteiger partial charge in [-0.05, 0) is 24.5 Å². The Morgan fingerprint density at radius 1 is 0.938 bits per heavy atom. The van der Waals surface area contributed by atoms with Crippen molar-refractivity contribution >= 4 is 22.8 Å². The molecule has 0 N–H and O–H groups in total. The van der Waals surface area contributed by atoms with Crippen LogP contribution < -0.4 is 0 Å². The lowest BCUT2D eigenvalue weighted by atomic mass is 9.95. The summed E-state index contributed by atoms with van der Waals surface area (Å²) >= 11 is 0. The number of carbonyl (C=O) groups excluding carboxylic acids is 2. The molecule has 0 aliphatic carbocycles. The molecule has 2 aromatic carbocycles. The number of hydrogen-bond donors (Lipinski definition) is 0. The molecular weight excluding hydrogens is 402 g/mol. The van der Waals surface area contributed by atoms with E-state index in [1.165, 1.54) is 5.56 Å². The molecular formula is C26H27N3O3. The minimum absolute atomic E-state index is 0.117.